The highest BCUT2D eigenvalue weighted by atomic mass is 16.4. The van der Waals surface area contributed by atoms with Crippen molar-refractivity contribution in [2.45, 2.75) is 18.3 Å². The average molecular weight is 360 g/mol. The second-order valence-corrected chi connectivity index (χ2v) is 5.46. The van der Waals surface area contributed by atoms with Crippen molar-refractivity contribution in [3.05, 3.63) is 71.8 Å². The van der Waals surface area contributed by atoms with Crippen LogP contribution >= 0.6 is 0 Å². The van der Waals surface area contributed by atoms with E-state index in [4.69, 9.17) is 25.5 Å². The molecule has 0 saturated carbocycles. The van der Waals surface area contributed by atoms with Crippen molar-refractivity contribution in [2.75, 3.05) is 13.2 Å². The number of aliphatic hydroxyl groups excluding tert-OH is 5. The van der Waals surface area contributed by atoms with Gasteiger partial charge >= 0.3 is 0 Å². The van der Waals surface area contributed by atoms with E-state index in [1.54, 1.807) is 0 Å². The molecule has 0 saturated heterocycles. The Morgan fingerprint density at radius 1 is 0.808 bits per heavy atom. The molecule has 0 aliphatic rings. The molecule has 6 heteroatoms. The third-order valence-corrected chi connectivity index (χ3v) is 3.46. The van der Waals surface area contributed by atoms with Gasteiger partial charge in [0.2, 0.25) is 0 Å². The number of benzene rings is 2. The lowest BCUT2D eigenvalue weighted by Gasteiger charge is -2.19. The van der Waals surface area contributed by atoms with E-state index in [2.05, 4.69) is 36.4 Å². The van der Waals surface area contributed by atoms with Gasteiger partial charge in [-0.15, -0.1) is 0 Å². The number of hydrogen-bond donors (Lipinski definition) is 5. The number of carbonyl (C=O) groups is 1. The lowest BCUT2D eigenvalue weighted by molar-refractivity contribution is -0.142. The molecule has 140 valence electrons. The zero-order chi connectivity index (χ0) is 19.4. The smallest absolute Gasteiger partial charge is 0.189 e. The highest BCUT2D eigenvalue weighted by molar-refractivity contribution is 5.84. The van der Waals surface area contributed by atoms with Gasteiger partial charge in [-0.2, -0.15) is 0 Å². The van der Waals surface area contributed by atoms with Gasteiger partial charge in [0.25, 0.3) is 0 Å². The zero-order valence-corrected chi connectivity index (χ0v) is 14.2. The first kappa shape index (κ1) is 21.7. The Morgan fingerprint density at radius 3 is 1.58 bits per heavy atom. The van der Waals surface area contributed by atoms with Crippen LogP contribution in [0.3, 0.4) is 0 Å². The Bertz CT molecular complexity index is 615. The first-order valence-corrected chi connectivity index (χ1v) is 8.06. The van der Waals surface area contributed by atoms with Gasteiger partial charge in [0.1, 0.15) is 24.9 Å². The lowest BCUT2D eigenvalue weighted by Crippen LogP contribution is -2.44. The molecule has 26 heavy (non-hydrogen) atoms. The monoisotopic (exact) mass is 360 g/mol. The van der Waals surface area contributed by atoms with Gasteiger partial charge in [-0.3, -0.25) is 4.79 Å². The van der Waals surface area contributed by atoms with Crippen molar-refractivity contribution >= 4 is 17.9 Å². The molecular formula is C20H24O6. The van der Waals surface area contributed by atoms with Crippen LogP contribution in [0.4, 0.5) is 0 Å². The molecule has 0 bridgehead atoms. The summed E-state index contributed by atoms with van der Waals surface area (Å²) in [4.78, 5) is 10.5. The highest BCUT2D eigenvalue weighted by Gasteiger charge is 2.28. The summed E-state index contributed by atoms with van der Waals surface area (Å²) in [5.41, 5.74) is 2.47. The fourth-order valence-electron chi connectivity index (χ4n) is 1.92. The normalized spacial score (nSPS) is 14.2. The van der Waals surface area contributed by atoms with Gasteiger partial charge in [-0.1, -0.05) is 72.8 Å². The molecule has 5 N–H and O–H groups in total. The number of aliphatic hydroxyl groups is 5. The predicted molar refractivity (Wildman–Crippen MR) is 99.0 cm³/mol. The SMILES string of the molecule is C(=C\c1ccccc1)/c1ccccc1.O=C(CO)[C@H](O)[C@@H](O)[C@H](O)CO. The summed E-state index contributed by atoms with van der Waals surface area (Å²) in [6, 6.07) is 20.6. The van der Waals surface area contributed by atoms with Gasteiger partial charge in [0, 0.05) is 0 Å². The molecule has 2 aromatic carbocycles. The zero-order valence-electron chi connectivity index (χ0n) is 14.2. The van der Waals surface area contributed by atoms with Gasteiger partial charge in [0.15, 0.2) is 5.78 Å². The third kappa shape index (κ3) is 7.69. The molecule has 2 aromatic rings. The van der Waals surface area contributed by atoms with E-state index in [-0.39, 0.29) is 0 Å². The molecule has 0 amide bonds. The number of carbonyl (C=O) groups excluding carboxylic acids is 1. The Labute approximate surface area is 152 Å². The Hall–Kier alpha value is -2.35. The van der Waals surface area contributed by atoms with Crippen molar-refractivity contribution in [1.82, 2.24) is 0 Å². The molecule has 0 aliphatic carbocycles. The van der Waals surface area contributed by atoms with Crippen molar-refractivity contribution < 1.29 is 30.3 Å². The fraction of sp³-hybridized carbons (Fsp3) is 0.250. The molecule has 0 radical (unpaired) electrons. The quantitative estimate of drug-likeness (QED) is 0.459. The standard InChI is InChI=1S/C14H12.C6H12O6/c1-3-7-13(8-4-1)11-12-14-9-5-2-6-10-14;7-1-3(9)5(11)6(12)4(10)2-8/h1-12H;3,5-9,11-12H,1-2H2/b12-11+;/t;3-,5+,6+/m.1/s1. The fourth-order valence-corrected chi connectivity index (χ4v) is 1.92. The van der Waals surface area contributed by atoms with E-state index in [0.717, 1.165) is 0 Å². The van der Waals surface area contributed by atoms with Gasteiger partial charge < -0.3 is 25.5 Å². The molecule has 0 heterocycles. The molecule has 0 fully saturated rings. The van der Waals surface area contributed by atoms with Crippen LogP contribution in [0, 0.1) is 0 Å². The Kier molecular flexibility index (Phi) is 10.1. The van der Waals surface area contributed by atoms with Crippen LogP contribution in [0.2, 0.25) is 0 Å². The summed E-state index contributed by atoms with van der Waals surface area (Å²) in [5.74, 6) is -1.00. The first-order chi connectivity index (χ1) is 12.5. The van der Waals surface area contributed by atoms with Crippen molar-refractivity contribution in [3.63, 3.8) is 0 Å². The summed E-state index contributed by atoms with van der Waals surface area (Å²) < 4.78 is 0. The van der Waals surface area contributed by atoms with Gasteiger partial charge in [-0.25, -0.2) is 0 Å². The van der Waals surface area contributed by atoms with Crippen LogP contribution in [-0.4, -0.2) is 62.8 Å². The Morgan fingerprint density at radius 2 is 1.23 bits per heavy atom. The summed E-state index contributed by atoms with van der Waals surface area (Å²) in [7, 11) is 0. The summed E-state index contributed by atoms with van der Waals surface area (Å²) in [5, 5.41) is 43.1. The highest BCUT2D eigenvalue weighted by Crippen LogP contribution is 2.07. The van der Waals surface area contributed by atoms with Gasteiger partial charge in [-0.05, 0) is 11.1 Å². The first-order valence-electron chi connectivity index (χ1n) is 8.06. The lowest BCUT2D eigenvalue weighted by atomic mass is 10.1. The van der Waals surface area contributed by atoms with E-state index in [9.17, 15) is 4.79 Å². The molecular weight excluding hydrogens is 336 g/mol. The second-order valence-electron chi connectivity index (χ2n) is 5.46. The number of rotatable bonds is 7. The number of Topliss-reactive ketones (excluding diaryl/α,β-unsaturated/α-hetero) is 1. The molecule has 0 unspecified atom stereocenters. The largest absolute Gasteiger partial charge is 0.394 e. The van der Waals surface area contributed by atoms with E-state index in [1.807, 2.05) is 36.4 Å². The summed E-state index contributed by atoms with van der Waals surface area (Å²) >= 11 is 0. The van der Waals surface area contributed by atoms with Crippen LogP contribution in [-0.2, 0) is 4.79 Å². The van der Waals surface area contributed by atoms with E-state index >= 15 is 0 Å². The van der Waals surface area contributed by atoms with Crippen LogP contribution in [0.1, 0.15) is 11.1 Å². The topological polar surface area (TPSA) is 118 Å². The molecule has 3 atom stereocenters. The molecule has 2 rings (SSSR count). The van der Waals surface area contributed by atoms with Crippen LogP contribution in [0.15, 0.2) is 60.7 Å². The van der Waals surface area contributed by atoms with Crippen molar-refractivity contribution in [3.8, 4) is 0 Å². The van der Waals surface area contributed by atoms with Gasteiger partial charge in [0.05, 0.1) is 6.61 Å². The van der Waals surface area contributed by atoms with Crippen molar-refractivity contribution in [1.29, 1.82) is 0 Å². The summed E-state index contributed by atoms with van der Waals surface area (Å²) in [6.07, 6.45) is -0.979. The van der Waals surface area contributed by atoms with Crippen molar-refractivity contribution in [2.24, 2.45) is 0 Å². The predicted octanol–water partition coefficient (Wildman–Crippen LogP) is 0.480. The van der Waals surface area contributed by atoms with Crippen LogP contribution in [0.25, 0.3) is 12.2 Å². The maximum Gasteiger partial charge on any atom is 0.189 e. The maximum atomic E-state index is 10.5. The molecule has 0 spiro atoms. The molecule has 0 aromatic heterocycles. The van der Waals surface area contributed by atoms with E-state index in [0.29, 0.717) is 0 Å². The average Bonchev–Trinajstić information content (AvgIpc) is 2.71. The Balaban J connectivity index is 0.000000265. The minimum Gasteiger partial charge on any atom is -0.394 e. The summed E-state index contributed by atoms with van der Waals surface area (Å²) in [6.45, 7) is -1.69. The third-order valence-electron chi connectivity index (χ3n) is 3.46. The minimum atomic E-state index is -1.86. The molecule has 0 aliphatic heterocycles. The number of hydrogen-bond acceptors (Lipinski definition) is 6. The number of ketones is 1. The second kappa shape index (κ2) is 12.1. The molecule has 6 nitrogen and oxygen atoms in total. The minimum absolute atomic E-state index is 0.767. The maximum absolute atomic E-state index is 10.5. The van der Waals surface area contributed by atoms with Crippen LogP contribution in [0.5, 0.6) is 0 Å². The van der Waals surface area contributed by atoms with Crippen LogP contribution < -0.4 is 0 Å². The van der Waals surface area contributed by atoms with E-state index < -0.39 is 37.3 Å². The van der Waals surface area contributed by atoms with E-state index in [1.165, 1.54) is 11.1 Å².